The second-order valence-electron chi connectivity index (χ2n) is 5.09. The monoisotopic (exact) mass is 280 g/mol. The summed E-state index contributed by atoms with van der Waals surface area (Å²) in [6.45, 7) is 1.29. The van der Waals surface area contributed by atoms with Crippen molar-refractivity contribution < 1.29 is 19.8 Å². The van der Waals surface area contributed by atoms with E-state index in [4.69, 9.17) is 10.8 Å². The Morgan fingerprint density at radius 3 is 2.70 bits per heavy atom. The van der Waals surface area contributed by atoms with E-state index in [1.807, 2.05) is 12.1 Å². The summed E-state index contributed by atoms with van der Waals surface area (Å²) >= 11 is 0. The van der Waals surface area contributed by atoms with Crippen LogP contribution in [0.3, 0.4) is 0 Å². The molecule has 0 aliphatic rings. The van der Waals surface area contributed by atoms with Gasteiger partial charge in [0.1, 0.15) is 0 Å². The second kappa shape index (κ2) is 6.91. The van der Waals surface area contributed by atoms with E-state index in [1.54, 1.807) is 12.1 Å². The zero-order chi connectivity index (χ0) is 15.2. The molecule has 1 rings (SSSR count). The van der Waals surface area contributed by atoms with Gasteiger partial charge < -0.3 is 21.3 Å². The highest BCUT2D eigenvalue weighted by Crippen LogP contribution is 2.10. The number of nitrogen functional groups attached to an aromatic ring is 1. The molecule has 6 heteroatoms. The Morgan fingerprint density at radius 2 is 2.10 bits per heavy atom. The fraction of sp³-hybridized carbons (Fsp3) is 0.429. The summed E-state index contributed by atoms with van der Waals surface area (Å²) in [5, 5.41) is 20.9. The third-order valence-corrected chi connectivity index (χ3v) is 2.79. The number of aliphatic hydroxyl groups is 1. The average Bonchev–Trinajstić information content (AvgIpc) is 2.32. The first-order valence-electron chi connectivity index (χ1n) is 6.34. The van der Waals surface area contributed by atoms with Gasteiger partial charge >= 0.3 is 5.97 Å². The fourth-order valence-electron chi connectivity index (χ4n) is 1.77. The van der Waals surface area contributed by atoms with Crippen molar-refractivity contribution in [2.24, 2.45) is 0 Å². The van der Waals surface area contributed by atoms with Crippen molar-refractivity contribution in [3.63, 3.8) is 0 Å². The van der Waals surface area contributed by atoms with Crippen LogP contribution < -0.4 is 11.1 Å². The Bertz CT molecular complexity index is 486. The molecule has 0 spiro atoms. The largest absolute Gasteiger partial charge is 0.481 e. The molecule has 1 atom stereocenters. The van der Waals surface area contributed by atoms with Gasteiger partial charge in [-0.2, -0.15) is 0 Å². The zero-order valence-electron chi connectivity index (χ0n) is 11.4. The highest BCUT2D eigenvalue weighted by Gasteiger charge is 2.24. The Kier molecular flexibility index (Phi) is 5.52. The molecule has 6 nitrogen and oxygen atoms in total. The van der Waals surface area contributed by atoms with Gasteiger partial charge in [-0.1, -0.05) is 12.1 Å². The Labute approximate surface area is 117 Å². The number of nitrogens with one attached hydrogen (secondary N) is 1. The van der Waals surface area contributed by atoms with Gasteiger partial charge in [0.25, 0.3) is 0 Å². The quantitative estimate of drug-likeness (QED) is 0.545. The summed E-state index contributed by atoms with van der Waals surface area (Å²) in [6.07, 6.45) is 0.382. The predicted molar refractivity (Wildman–Crippen MR) is 75.1 cm³/mol. The van der Waals surface area contributed by atoms with Gasteiger partial charge in [-0.25, -0.2) is 0 Å². The van der Waals surface area contributed by atoms with E-state index in [1.165, 1.54) is 6.92 Å². The molecular formula is C14H20N2O4. The molecule has 1 aromatic carbocycles. The first-order chi connectivity index (χ1) is 9.28. The summed E-state index contributed by atoms with van der Waals surface area (Å²) in [5.41, 5.74) is 5.79. The Balaban J connectivity index is 2.35. The average molecular weight is 280 g/mol. The molecule has 0 saturated heterocycles. The van der Waals surface area contributed by atoms with Crippen molar-refractivity contribution in [3.05, 3.63) is 29.8 Å². The van der Waals surface area contributed by atoms with E-state index in [0.717, 1.165) is 5.56 Å². The maximum absolute atomic E-state index is 11.6. The summed E-state index contributed by atoms with van der Waals surface area (Å²) in [6, 6.07) is 7.27. The molecule has 1 unspecified atom stereocenters. The lowest BCUT2D eigenvalue weighted by Gasteiger charge is -2.21. The number of carbonyl (C=O) groups is 2. The molecule has 0 aliphatic carbocycles. The van der Waals surface area contributed by atoms with Gasteiger partial charge in [0.05, 0.1) is 12.0 Å². The molecule has 5 N–H and O–H groups in total. The molecule has 20 heavy (non-hydrogen) atoms. The SMILES string of the molecule is CC(O)(CNC(=O)CCc1cccc(N)c1)CC(=O)O. The van der Waals surface area contributed by atoms with Gasteiger partial charge in [-0.15, -0.1) is 0 Å². The lowest BCUT2D eigenvalue weighted by molar-refractivity contribution is -0.142. The predicted octanol–water partition coefficient (Wildman–Crippen LogP) is 0.543. The van der Waals surface area contributed by atoms with Crippen LogP contribution in [0.2, 0.25) is 0 Å². The molecule has 0 fully saturated rings. The minimum atomic E-state index is -1.45. The molecule has 0 aromatic heterocycles. The van der Waals surface area contributed by atoms with Gasteiger partial charge in [0.15, 0.2) is 0 Å². The van der Waals surface area contributed by atoms with E-state index >= 15 is 0 Å². The summed E-state index contributed by atoms with van der Waals surface area (Å²) in [7, 11) is 0. The number of carboxylic acid groups (broad SMARTS) is 1. The summed E-state index contributed by atoms with van der Waals surface area (Å²) in [4.78, 5) is 22.2. The van der Waals surface area contributed by atoms with Crippen LogP contribution in [-0.2, 0) is 16.0 Å². The number of nitrogens with two attached hydrogens (primary N) is 1. The zero-order valence-corrected chi connectivity index (χ0v) is 11.4. The minimum absolute atomic E-state index is 0.0882. The number of rotatable bonds is 7. The van der Waals surface area contributed by atoms with Crippen molar-refractivity contribution in [1.29, 1.82) is 0 Å². The molecule has 0 bridgehead atoms. The van der Waals surface area contributed by atoms with Crippen LogP contribution in [0.25, 0.3) is 0 Å². The van der Waals surface area contributed by atoms with Crippen molar-refractivity contribution in [1.82, 2.24) is 5.32 Å². The number of aryl methyl sites for hydroxylation is 1. The summed E-state index contributed by atoms with van der Waals surface area (Å²) < 4.78 is 0. The molecule has 0 aliphatic heterocycles. The number of hydrogen-bond donors (Lipinski definition) is 4. The molecular weight excluding hydrogens is 260 g/mol. The lowest BCUT2D eigenvalue weighted by atomic mass is 10.0. The minimum Gasteiger partial charge on any atom is -0.481 e. The molecule has 0 saturated carbocycles. The maximum Gasteiger partial charge on any atom is 0.306 e. The van der Waals surface area contributed by atoms with Crippen LogP contribution in [0.15, 0.2) is 24.3 Å². The van der Waals surface area contributed by atoms with E-state index in [9.17, 15) is 14.7 Å². The van der Waals surface area contributed by atoms with E-state index in [-0.39, 0.29) is 18.9 Å². The number of anilines is 1. The topological polar surface area (TPSA) is 113 Å². The second-order valence-corrected chi connectivity index (χ2v) is 5.09. The van der Waals surface area contributed by atoms with Crippen LogP contribution in [0.1, 0.15) is 25.3 Å². The number of aliphatic carboxylic acids is 1. The van der Waals surface area contributed by atoms with Crippen molar-refractivity contribution in [3.8, 4) is 0 Å². The third kappa shape index (κ3) is 6.19. The van der Waals surface area contributed by atoms with Crippen molar-refractivity contribution in [2.75, 3.05) is 12.3 Å². The van der Waals surface area contributed by atoms with Crippen LogP contribution in [0, 0.1) is 0 Å². The highest BCUT2D eigenvalue weighted by atomic mass is 16.4. The number of hydrogen-bond acceptors (Lipinski definition) is 4. The van der Waals surface area contributed by atoms with E-state index < -0.39 is 18.0 Å². The normalized spacial score (nSPS) is 13.5. The van der Waals surface area contributed by atoms with Gasteiger partial charge in [0.2, 0.25) is 5.91 Å². The third-order valence-electron chi connectivity index (χ3n) is 2.79. The summed E-state index contributed by atoms with van der Waals surface area (Å²) in [5.74, 6) is -1.35. The first-order valence-corrected chi connectivity index (χ1v) is 6.34. The Hall–Kier alpha value is -2.08. The van der Waals surface area contributed by atoms with Crippen LogP contribution >= 0.6 is 0 Å². The Morgan fingerprint density at radius 1 is 1.40 bits per heavy atom. The highest BCUT2D eigenvalue weighted by molar-refractivity contribution is 5.76. The van der Waals surface area contributed by atoms with Crippen LogP contribution in [-0.4, -0.2) is 34.2 Å². The lowest BCUT2D eigenvalue weighted by Crippen LogP contribution is -2.42. The standard InChI is InChI=1S/C14H20N2O4/c1-14(20,8-13(18)19)9-16-12(17)6-5-10-3-2-4-11(15)7-10/h2-4,7,20H,5-6,8-9,15H2,1H3,(H,16,17)(H,18,19). The fourth-order valence-corrected chi connectivity index (χ4v) is 1.77. The number of carboxylic acids is 1. The molecule has 0 heterocycles. The molecule has 1 amide bonds. The van der Waals surface area contributed by atoms with Crippen LogP contribution in [0.5, 0.6) is 0 Å². The first kappa shape index (κ1) is 16.0. The van der Waals surface area contributed by atoms with Gasteiger partial charge in [0, 0.05) is 18.7 Å². The van der Waals surface area contributed by atoms with Crippen LogP contribution in [0.4, 0.5) is 5.69 Å². The smallest absolute Gasteiger partial charge is 0.306 e. The molecule has 1 aromatic rings. The van der Waals surface area contributed by atoms with Crippen molar-refractivity contribution in [2.45, 2.75) is 31.8 Å². The number of benzene rings is 1. The molecule has 0 radical (unpaired) electrons. The van der Waals surface area contributed by atoms with E-state index in [2.05, 4.69) is 5.32 Å². The number of amides is 1. The van der Waals surface area contributed by atoms with Gasteiger partial charge in [-0.05, 0) is 31.0 Å². The van der Waals surface area contributed by atoms with E-state index in [0.29, 0.717) is 12.1 Å². The molecule has 110 valence electrons. The maximum atomic E-state index is 11.6. The number of carbonyl (C=O) groups excluding carboxylic acids is 1. The van der Waals surface area contributed by atoms with Crippen molar-refractivity contribution >= 4 is 17.6 Å². The van der Waals surface area contributed by atoms with Gasteiger partial charge in [-0.3, -0.25) is 9.59 Å².